The number of anilines is 2. The zero-order chi connectivity index (χ0) is 33.1. The Bertz CT molecular complexity index is 2040. The Balaban J connectivity index is 1.26. The Labute approximate surface area is 285 Å². The molecule has 252 valence electrons. The van der Waals surface area contributed by atoms with Gasteiger partial charge in [-0.05, 0) is 97.2 Å². The SMILES string of the molecule is CC(C1CCCN1C)n1nc2c3c(nc(-c4noc5c4CCCC54CCCc5sc(N)c(C#N)c54)nc31)N1CC(C)(O)CCC1CS2=O. The topological polar surface area (TPSA) is 163 Å². The van der Waals surface area contributed by atoms with Gasteiger partial charge in [0.05, 0.1) is 44.6 Å². The Morgan fingerprint density at radius 1 is 1.19 bits per heavy atom. The van der Waals surface area contributed by atoms with E-state index in [0.29, 0.717) is 69.1 Å². The highest BCUT2D eigenvalue weighted by atomic mass is 32.2. The molecule has 7 heterocycles. The van der Waals surface area contributed by atoms with Gasteiger partial charge in [-0.15, -0.1) is 11.3 Å². The third kappa shape index (κ3) is 4.33. The summed E-state index contributed by atoms with van der Waals surface area (Å²) in [5, 5.41) is 33.1. The Morgan fingerprint density at radius 3 is 2.77 bits per heavy atom. The average Bonchev–Trinajstić information content (AvgIpc) is 3.84. The number of fused-ring (bicyclic) bond motifs is 6. The molecule has 9 rings (SSSR count). The van der Waals surface area contributed by atoms with Gasteiger partial charge in [0.1, 0.15) is 16.9 Å². The zero-order valence-electron chi connectivity index (χ0n) is 27.7. The van der Waals surface area contributed by atoms with E-state index in [0.717, 1.165) is 74.8 Å². The van der Waals surface area contributed by atoms with Crippen molar-refractivity contribution in [2.75, 3.05) is 36.5 Å². The fourth-order valence-corrected chi connectivity index (χ4v) is 12.2. The minimum Gasteiger partial charge on any atom is -0.389 e. The van der Waals surface area contributed by atoms with Crippen LogP contribution in [0.2, 0.25) is 0 Å². The first-order valence-corrected chi connectivity index (χ1v) is 19.4. The number of aryl methyl sites for hydroxylation is 1. The molecular weight excluding hydrogens is 647 g/mol. The number of hydrogen-bond donors (Lipinski definition) is 2. The van der Waals surface area contributed by atoms with E-state index in [1.807, 2.05) is 11.6 Å². The molecule has 4 aromatic rings. The number of nitrogen functional groups attached to an aromatic ring is 1. The van der Waals surface area contributed by atoms with Crippen LogP contribution in [0.5, 0.6) is 0 Å². The number of piperidine rings is 1. The molecule has 0 aromatic carbocycles. The number of likely N-dealkylation sites (N-methyl/N-ethyl adjacent to an activating group) is 1. The summed E-state index contributed by atoms with van der Waals surface area (Å²) in [6.07, 6.45) is 8.85. The molecule has 3 aliphatic heterocycles. The number of nitrogens with zero attached hydrogens (tertiary/aromatic N) is 8. The van der Waals surface area contributed by atoms with Crippen molar-refractivity contribution in [2.45, 2.75) is 112 Å². The Morgan fingerprint density at radius 2 is 2.00 bits per heavy atom. The van der Waals surface area contributed by atoms with Crippen molar-refractivity contribution in [3.05, 3.63) is 27.3 Å². The van der Waals surface area contributed by atoms with E-state index in [2.05, 4.69) is 29.8 Å². The number of thiophene rings is 1. The van der Waals surface area contributed by atoms with Gasteiger partial charge in [0, 0.05) is 29.1 Å². The monoisotopic (exact) mass is 687 g/mol. The van der Waals surface area contributed by atoms with Crippen LogP contribution in [0.25, 0.3) is 22.6 Å². The van der Waals surface area contributed by atoms with Crippen molar-refractivity contribution in [3.8, 4) is 17.6 Å². The lowest BCUT2D eigenvalue weighted by Crippen LogP contribution is -2.53. The molecule has 6 atom stereocenters. The molecule has 3 N–H and O–H groups in total. The van der Waals surface area contributed by atoms with Gasteiger partial charge in [0.15, 0.2) is 28.0 Å². The highest BCUT2D eigenvalue weighted by molar-refractivity contribution is 7.85. The normalized spacial score (nSPS) is 30.6. The lowest BCUT2D eigenvalue weighted by molar-refractivity contribution is 0.0380. The van der Waals surface area contributed by atoms with Gasteiger partial charge in [0.25, 0.3) is 0 Å². The molecule has 2 fully saturated rings. The summed E-state index contributed by atoms with van der Waals surface area (Å²) in [5.41, 5.74) is 8.89. The summed E-state index contributed by atoms with van der Waals surface area (Å²) in [6, 6.07) is 2.63. The van der Waals surface area contributed by atoms with E-state index in [1.54, 1.807) is 0 Å². The predicted octanol–water partition coefficient (Wildman–Crippen LogP) is 4.45. The summed E-state index contributed by atoms with van der Waals surface area (Å²) < 4.78 is 22.3. The van der Waals surface area contributed by atoms with Gasteiger partial charge in [-0.25, -0.2) is 14.6 Å². The quantitative estimate of drug-likeness (QED) is 0.313. The van der Waals surface area contributed by atoms with Gasteiger partial charge in [-0.1, -0.05) is 5.16 Å². The second-order valence-electron chi connectivity index (χ2n) is 15.0. The minimum atomic E-state index is -1.35. The maximum Gasteiger partial charge on any atom is 0.186 e. The van der Waals surface area contributed by atoms with E-state index >= 15 is 0 Å². The third-order valence-corrected chi connectivity index (χ3v) is 14.4. The lowest BCUT2D eigenvalue weighted by Gasteiger charge is -2.42. The number of hydrogen-bond acceptors (Lipinski definition) is 12. The first-order valence-electron chi connectivity index (χ1n) is 17.3. The second kappa shape index (κ2) is 10.8. The summed E-state index contributed by atoms with van der Waals surface area (Å²) in [5.74, 6) is 2.36. The summed E-state index contributed by atoms with van der Waals surface area (Å²) >= 11 is 1.53. The van der Waals surface area contributed by atoms with Crippen molar-refractivity contribution in [3.63, 3.8) is 0 Å². The van der Waals surface area contributed by atoms with Crippen LogP contribution < -0.4 is 10.6 Å². The summed E-state index contributed by atoms with van der Waals surface area (Å²) in [7, 11) is 0.805. The van der Waals surface area contributed by atoms with Crippen LogP contribution in [0.4, 0.5) is 10.8 Å². The Hall–Kier alpha value is -3.38. The van der Waals surface area contributed by atoms with E-state index in [4.69, 9.17) is 30.5 Å². The number of aromatic nitrogens is 5. The highest BCUT2D eigenvalue weighted by Gasteiger charge is 2.49. The standard InChI is InChI=1S/C34H41N9O3S2/c1-18(22-8-6-14-41(22)3)43-31-24-30(42-17-33(2,44)13-10-19(42)16-48(45)32(24)39-43)37-29(38-31)26-20-7-4-11-34(27(20)46-40-26)12-5-9-23-25(34)21(15-35)28(36)47-23/h18-19,22,44H,4-14,16-17,36H2,1-3H3. The van der Waals surface area contributed by atoms with E-state index in [-0.39, 0.29) is 18.1 Å². The average molecular weight is 688 g/mol. The minimum absolute atomic E-state index is 0.00959. The number of aliphatic hydroxyl groups is 1. The molecular formula is C34H41N9O3S2. The summed E-state index contributed by atoms with van der Waals surface area (Å²) in [4.78, 5) is 16.2. The molecule has 6 unspecified atom stereocenters. The van der Waals surface area contributed by atoms with Crippen molar-refractivity contribution >= 4 is 44.0 Å². The van der Waals surface area contributed by atoms with Crippen LogP contribution in [0.3, 0.4) is 0 Å². The lowest BCUT2D eigenvalue weighted by atomic mass is 9.63. The third-order valence-electron chi connectivity index (χ3n) is 11.9. The molecule has 0 radical (unpaired) electrons. The molecule has 4 aromatic heterocycles. The van der Waals surface area contributed by atoms with Crippen molar-refractivity contribution in [1.82, 2.24) is 29.8 Å². The highest BCUT2D eigenvalue weighted by Crippen LogP contribution is 2.55. The van der Waals surface area contributed by atoms with Crippen LogP contribution in [-0.2, 0) is 29.1 Å². The molecule has 0 saturated carbocycles. The first-order chi connectivity index (χ1) is 23.1. The van der Waals surface area contributed by atoms with E-state index in [1.165, 1.54) is 16.2 Å². The summed E-state index contributed by atoms with van der Waals surface area (Å²) in [6.45, 7) is 5.45. The van der Waals surface area contributed by atoms with Crippen molar-refractivity contribution in [2.24, 2.45) is 0 Å². The first kappa shape index (κ1) is 30.7. The van der Waals surface area contributed by atoms with Gasteiger partial charge < -0.3 is 25.2 Å². The van der Waals surface area contributed by atoms with Crippen molar-refractivity contribution < 1.29 is 13.8 Å². The van der Waals surface area contributed by atoms with Crippen LogP contribution in [0.1, 0.15) is 98.6 Å². The maximum atomic E-state index is 14.0. The maximum absolute atomic E-state index is 14.0. The zero-order valence-corrected chi connectivity index (χ0v) is 29.3. The molecule has 1 spiro atoms. The number of nitrogens with two attached hydrogens (primary N) is 1. The second-order valence-corrected chi connectivity index (χ2v) is 17.5. The van der Waals surface area contributed by atoms with Gasteiger partial charge in [-0.2, -0.15) is 10.4 Å². The van der Waals surface area contributed by atoms with Gasteiger partial charge in [-0.3, -0.25) is 4.21 Å². The Kier molecular flexibility index (Phi) is 6.90. The molecule has 2 aliphatic carbocycles. The molecule has 5 aliphatic rings. The van der Waals surface area contributed by atoms with Gasteiger partial charge >= 0.3 is 0 Å². The number of nitriles is 1. The molecule has 12 nitrogen and oxygen atoms in total. The molecule has 0 bridgehead atoms. The van der Waals surface area contributed by atoms with Crippen LogP contribution in [0.15, 0.2) is 9.55 Å². The fourth-order valence-electron chi connectivity index (χ4n) is 9.56. The van der Waals surface area contributed by atoms with Crippen LogP contribution >= 0.6 is 11.3 Å². The molecule has 48 heavy (non-hydrogen) atoms. The van der Waals surface area contributed by atoms with E-state index in [9.17, 15) is 14.6 Å². The van der Waals surface area contributed by atoms with Crippen LogP contribution in [0, 0.1) is 11.3 Å². The number of rotatable bonds is 3. The van der Waals surface area contributed by atoms with Crippen LogP contribution in [-0.4, -0.2) is 82.7 Å². The largest absolute Gasteiger partial charge is 0.389 e. The fraction of sp³-hybridized carbons (Fsp3) is 0.618. The van der Waals surface area contributed by atoms with Gasteiger partial charge in [0.2, 0.25) is 0 Å². The molecule has 0 amide bonds. The van der Waals surface area contributed by atoms with E-state index < -0.39 is 21.8 Å². The predicted molar refractivity (Wildman–Crippen MR) is 184 cm³/mol. The molecule has 14 heteroatoms. The van der Waals surface area contributed by atoms with Crippen molar-refractivity contribution in [1.29, 1.82) is 5.26 Å². The smallest absolute Gasteiger partial charge is 0.186 e. The molecule has 2 saturated heterocycles. The number of likely N-dealkylation sites (tertiary alicyclic amines) is 1.